The largest absolute Gasteiger partial charge is 0.467 e. The van der Waals surface area contributed by atoms with Crippen molar-refractivity contribution < 1.29 is 13.9 Å². The summed E-state index contributed by atoms with van der Waals surface area (Å²) >= 11 is 9.95. The highest BCUT2D eigenvalue weighted by molar-refractivity contribution is 9.10. The highest BCUT2D eigenvalue weighted by Crippen LogP contribution is 2.37. The van der Waals surface area contributed by atoms with E-state index >= 15 is 0 Å². The Morgan fingerprint density at radius 1 is 1.22 bits per heavy atom. The molecule has 0 aliphatic heterocycles. The zero-order chi connectivity index (χ0) is 17.7. The molecule has 132 valence electrons. The number of ether oxygens (including phenoxy) is 2. The molecule has 0 spiro atoms. The molecule has 0 N–H and O–H groups in total. The van der Waals surface area contributed by atoms with Crippen molar-refractivity contribution in [3.8, 4) is 5.75 Å². The highest BCUT2D eigenvalue weighted by Gasteiger charge is 2.36. The van der Waals surface area contributed by atoms with Gasteiger partial charge in [-0.15, -0.1) is 0 Å². The van der Waals surface area contributed by atoms with E-state index in [-0.39, 0.29) is 11.8 Å². The van der Waals surface area contributed by atoms with E-state index in [2.05, 4.69) is 49.8 Å². The SMILES string of the molecule is COCOc1cc(Cl)c(CCCO[Si](C)(C)C(C)(C)C)c(Br)c1. The third-order valence-corrected chi connectivity index (χ3v) is 9.88. The van der Waals surface area contributed by atoms with Gasteiger partial charge in [0.05, 0.1) is 0 Å². The zero-order valence-electron chi connectivity index (χ0n) is 15.0. The Morgan fingerprint density at radius 2 is 1.87 bits per heavy atom. The van der Waals surface area contributed by atoms with Crippen LogP contribution in [0.4, 0.5) is 0 Å². The molecule has 3 nitrogen and oxygen atoms in total. The summed E-state index contributed by atoms with van der Waals surface area (Å²) in [6.45, 7) is 12.3. The maximum atomic E-state index is 6.37. The van der Waals surface area contributed by atoms with E-state index in [1.54, 1.807) is 7.11 Å². The van der Waals surface area contributed by atoms with E-state index in [1.807, 2.05) is 12.1 Å². The number of hydrogen-bond acceptors (Lipinski definition) is 3. The Morgan fingerprint density at radius 3 is 2.39 bits per heavy atom. The van der Waals surface area contributed by atoms with Gasteiger partial charge in [-0.25, -0.2) is 0 Å². The summed E-state index contributed by atoms with van der Waals surface area (Å²) in [4.78, 5) is 0. The number of halogens is 2. The van der Waals surface area contributed by atoms with Gasteiger partial charge >= 0.3 is 0 Å². The summed E-state index contributed by atoms with van der Waals surface area (Å²) in [7, 11) is -0.0821. The van der Waals surface area contributed by atoms with Crippen LogP contribution >= 0.6 is 27.5 Å². The quantitative estimate of drug-likeness (QED) is 0.290. The van der Waals surface area contributed by atoms with Crippen molar-refractivity contribution in [2.45, 2.75) is 51.7 Å². The van der Waals surface area contributed by atoms with Crippen LogP contribution in [-0.2, 0) is 15.6 Å². The van der Waals surface area contributed by atoms with Crippen molar-refractivity contribution in [1.82, 2.24) is 0 Å². The van der Waals surface area contributed by atoms with Crippen LogP contribution in [0.2, 0.25) is 23.2 Å². The fourth-order valence-corrected chi connectivity index (χ4v) is 3.96. The highest BCUT2D eigenvalue weighted by atomic mass is 79.9. The lowest BCUT2D eigenvalue weighted by Gasteiger charge is -2.36. The standard InChI is InChI=1S/C17H28BrClO3Si/c1-17(2,3)23(5,6)22-9-7-8-14-15(18)10-13(11-16(14)19)21-12-20-4/h10-11H,7-9,12H2,1-6H3. The Balaban J connectivity index is 2.59. The first-order chi connectivity index (χ1) is 10.6. The van der Waals surface area contributed by atoms with E-state index < -0.39 is 8.32 Å². The minimum absolute atomic E-state index is 0.211. The van der Waals surface area contributed by atoms with E-state index in [9.17, 15) is 0 Å². The first-order valence-corrected chi connectivity index (χ1v) is 11.9. The molecule has 1 aromatic rings. The van der Waals surface area contributed by atoms with Crippen LogP contribution in [0, 0.1) is 0 Å². The van der Waals surface area contributed by atoms with Gasteiger partial charge < -0.3 is 13.9 Å². The Hall–Kier alpha value is -0.0731. The van der Waals surface area contributed by atoms with Crippen molar-refractivity contribution in [2.75, 3.05) is 20.5 Å². The minimum Gasteiger partial charge on any atom is -0.467 e. The molecule has 0 aromatic heterocycles. The van der Waals surface area contributed by atoms with Crippen LogP contribution in [0.5, 0.6) is 5.75 Å². The molecule has 1 rings (SSSR count). The summed E-state index contributed by atoms with van der Waals surface area (Å²) < 4.78 is 17.5. The molecule has 0 aliphatic carbocycles. The summed E-state index contributed by atoms with van der Waals surface area (Å²) in [6, 6.07) is 3.75. The third kappa shape index (κ3) is 6.39. The fourth-order valence-electron chi connectivity index (χ4n) is 1.82. The normalized spacial score (nSPS) is 12.5. The van der Waals surface area contributed by atoms with Crippen LogP contribution < -0.4 is 4.74 Å². The van der Waals surface area contributed by atoms with Crippen LogP contribution in [0.15, 0.2) is 16.6 Å². The molecule has 0 radical (unpaired) electrons. The van der Waals surface area contributed by atoms with Crippen LogP contribution in [0.1, 0.15) is 32.8 Å². The zero-order valence-corrected chi connectivity index (χ0v) is 18.3. The van der Waals surface area contributed by atoms with Crippen LogP contribution in [0.3, 0.4) is 0 Å². The van der Waals surface area contributed by atoms with Gasteiger partial charge in [0.25, 0.3) is 0 Å². The molecule has 0 heterocycles. The van der Waals surface area contributed by atoms with E-state index in [4.69, 9.17) is 25.5 Å². The number of methoxy groups -OCH3 is 1. The smallest absolute Gasteiger partial charge is 0.191 e. The van der Waals surface area contributed by atoms with Gasteiger partial charge in [0, 0.05) is 23.2 Å². The second-order valence-electron chi connectivity index (χ2n) is 7.13. The lowest BCUT2D eigenvalue weighted by atomic mass is 10.1. The molecule has 0 fully saturated rings. The molecule has 6 heteroatoms. The molecular formula is C17H28BrClO3Si. The number of benzene rings is 1. The molecule has 0 amide bonds. The Labute approximate surface area is 154 Å². The maximum absolute atomic E-state index is 6.37. The van der Waals surface area contributed by atoms with Gasteiger partial charge in [-0.3, -0.25) is 0 Å². The molecule has 0 bridgehead atoms. The van der Waals surface area contributed by atoms with Crippen molar-refractivity contribution in [3.63, 3.8) is 0 Å². The molecule has 23 heavy (non-hydrogen) atoms. The first-order valence-electron chi connectivity index (χ1n) is 7.82. The molecule has 0 aliphatic rings. The van der Waals surface area contributed by atoms with Gasteiger partial charge in [-0.1, -0.05) is 48.3 Å². The average molecular weight is 424 g/mol. The summed E-state index contributed by atoms with van der Waals surface area (Å²) in [6.07, 6.45) is 1.82. The number of hydrogen-bond donors (Lipinski definition) is 0. The van der Waals surface area contributed by atoms with E-state index in [1.165, 1.54) is 0 Å². The molecule has 0 unspecified atom stereocenters. The first kappa shape index (κ1) is 21.0. The molecular weight excluding hydrogens is 396 g/mol. The van der Waals surface area contributed by atoms with Crippen molar-refractivity contribution in [1.29, 1.82) is 0 Å². The summed E-state index contributed by atoms with van der Waals surface area (Å²) in [5.74, 6) is 0.699. The van der Waals surface area contributed by atoms with Gasteiger partial charge in [-0.05, 0) is 48.7 Å². The Kier molecular flexibility index (Phi) is 8.08. The number of rotatable bonds is 8. The maximum Gasteiger partial charge on any atom is 0.191 e. The lowest BCUT2D eigenvalue weighted by molar-refractivity contribution is 0.0511. The molecule has 0 saturated carbocycles. The summed E-state index contributed by atoms with van der Waals surface area (Å²) in [5, 5.41) is 0.948. The van der Waals surface area contributed by atoms with Crippen molar-refractivity contribution in [2.24, 2.45) is 0 Å². The van der Waals surface area contributed by atoms with Crippen LogP contribution in [-0.4, -0.2) is 28.8 Å². The molecule has 1 aromatic carbocycles. The Bertz CT molecular complexity index is 492. The van der Waals surface area contributed by atoms with Gasteiger partial charge in [-0.2, -0.15) is 0 Å². The van der Waals surface area contributed by atoms with Gasteiger partial charge in [0.2, 0.25) is 0 Å². The third-order valence-electron chi connectivity index (χ3n) is 4.30. The van der Waals surface area contributed by atoms with E-state index in [0.29, 0.717) is 10.8 Å². The van der Waals surface area contributed by atoms with E-state index in [0.717, 1.165) is 29.5 Å². The summed E-state index contributed by atoms with van der Waals surface area (Å²) in [5.41, 5.74) is 1.09. The second-order valence-corrected chi connectivity index (χ2v) is 13.2. The second kappa shape index (κ2) is 8.86. The predicted octanol–water partition coefficient (Wildman–Crippen LogP) is 6.04. The predicted molar refractivity (Wildman–Crippen MR) is 103 cm³/mol. The minimum atomic E-state index is -1.67. The molecule has 0 saturated heterocycles. The fraction of sp³-hybridized carbons (Fsp3) is 0.647. The topological polar surface area (TPSA) is 27.7 Å². The van der Waals surface area contributed by atoms with Gasteiger partial charge in [0.15, 0.2) is 15.1 Å². The van der Waals surface area contributed by atoms with Gasteiger partial charge in [0.1, 0.15) is 5.75 Å². The molecule has 0 atom stereocenters. The average Bonchev–Trinajstić information content (AvgIpc) is 2.42. The lowest BCUT2D eigenvalue weighted by Crippen LogP contribution is -2.41. The van der Waals surface area contributed by atoms with Crippen molar-refractivity contribution >= 4 is 35.8 Å². The van der Waals surface area contributed by atoms with Crippen LogP contribution in [0.25, 0.3) is 0 Å². The van der Waals surface area contributed by atoms with Crippen molar-refractivity contribution in [3.05, 3.63) is 27.2 Å². The monoisotopic (exact) mass is 422 g/mol.